The normalized spacial score (nSPS) is 21.0. The Balaban J connectivity index is 1.28. The van der Waals surface area contributed by atoms with E-state index in [0.29, 0.717) is 22.6 Å². The average Bonchev–Trinajstić information content (AvgIpc) is 3.64. The van der Waals surface area contributed by atoms with Crippen LogP contribution in [0.4, 0.5) is 11.6 Å². The van der Waals surface area contributed by atoms with Crippen LogP contribution < -0.4 is 5.32 Å². The van der Waals surface area contributed by atoms with Crippen LogP contribution in [0.2, 0.25) is 5.02 Å². The minimum atomic E-state index is 0.113. The number of anilines is 2. The van der Waals surface area contributed by atoms with E-state index >= 15 is 0 Å². The molecule has 3 N–H and O–H groups in total. The number of piperazine rings is 1. The quantitative estimate of drug-likeness (QED) is 0.272. The fraction of sp³-hybridized carbons (Fsp3) is 0.379. The first-order chi connectivity index (χ1) is 17.8. The highest BCUT2D eigenvalue weighted by atomic mass is 35.5. The van der Waals surface area contributed by atoms with Gasteiger partial charge < -0.3 is 15.5 Å². The molecule has 2 aliphatic rings. The van der Waals surface area contributed by atoms with Gasteiger partial charge in [-0.1, -0.05) is 29.8 Å². The number of nitrogens with one attached hydrogen (secondary N) is 2. The maximum absolute atomic E-state index is 10.2. The van der Waals surface area contributed by atoms with E-state index in [1.54, 1.807) is 6.20 Å². The molecule has 192 valence electrons. The van der Waals surface area contributed by atoms with Gasteiger partial charge in [0.25, 0.3) is 0 Å². The molecule has 6 rings (SSSR count). The van der Waals surface area contributed by atoms with E-state index < -0.39 is 0 Å². The van der Waals surface area contributed by atoms with Crippen LogP contribution in [0.3, 0.4) is 0 Å². The second kappa shape index (κ2) is 9.72. The molecule has 3 heterocycles. The van der Waals surface area contributed by atoms with Gasteiger partial charge >= 0.3 is 0 Å². The van der Waals surface area contributed by atoms with Gasteiger partial charge in [0.05, 0.1) is 16.9 Å². The molecule has 0 bridgehead atoms. The number of hydrogen-bond donors (Lipinski definition) is 3. The molecule has 1 aliphatic carbocycles. The zero-order valence-electron chi connectivity index (χ0n) is 21.5. The van der Waals surface area contributed by atoms with Gasteiger partial charge in [-0.3, -0.25) is 4.90 Å². The van der Waals surface area contributed by atoms with Gasteiger partial charge in [0.1, 0.15) is 0 Å². The van der Waals surface area contributed by atoms with Crippen molar-refractivity contribution >= 4 is 34.1 Å². The van der Waals surface area contributed by atoms with E-state index in [4.69, 9.17) is 16.6 Å². The Labute approximate surface area is 222 Å². The zero-order valence-corrected chi connectivity index (χ0v) is 22.3. The lowest BCUT2D eigenvalue weighted by Crippen LogP contribution is -2.54. The SMILES string of the molecule is Cc1ccc2c(-c3nc(Nc4cc(CN5CC(C)N(O)C(C)C5)cc(C5CC5)c4)ncc3Cl)c[nH]c2c1. The Kier molecular flexibility index (Phi) is 6.41. The van der Waals surface area contributed by atoms with Crippen molar-refractivity contribution in [2.24, 2.45) is 0 Å². The van der Waals surface area contributed by atoms with Crippen LogP contribution in [0.5, 0.6) is 0 Å². The third-order valence-corrected chi connectivity index (χ3v) is 7.79. The van der Waals surface area contributed by atoms with Crippen LogP contribution in [-0.2, 0) is 6.54 Å². The van der Waals surface area contributed by atoms with Crippen LogP contribution in [0, 0.1) is 6.92 Å². The van der Waals surface area contributed by atoms with E-state index in [9.17, 15) is 5.21 Å². The van der Waals surface area contributed by atoms with Crippen molar-refractivity contribution in [3.8, 4) is 11.3 Å². The summed E-state index contributed by atoms with van der Waals surface area (Å²) < 4.78 is 0. The van der Waals surface area contributed by atoms with Crippen LogP contribution >= 0.6 is 11.6 Å². The van der Waals surface area contributed by atoms with Gasteiger partial charge in [-0.05, 0) is 74.4 Å². The number of aromatic amines is 1. The van der Waals surface area contributed by atoms with Crippen LogP contribution in [0.15, 0.2) is 48.8 Å². The number of rotatable bonds is 6. The number of halogens is 1. The van der Waals surface area contributed by atoms with E-state index in [1.165, 1.54) is 34.6 Å². The average molecular weight is 517 g/mol. The molecular formula is C29H33ClN6O. The standard InChI is InChI=1S/C29H33ClN6O/c1-17-4-7-24-25(12-31-27(24)8-17)28-26(30)13-32-29(34-28)33-23-10-20(9-22(11-23)21-5-6-21)16-35-14-18(2)36(37)19(3)15-35/h4,7-13,18-19,21,31,37H,5-6,14-16H2,1-3H3,(H,32,33,34). The summed E-state index contributed by atoms with van der Waals surface area (Å²) in [4.78, 5) is 15.1. The topological polar surface area (TPSA) is 80.3 Å². The fourth-order valence-electron chi connectivity index (χ4n) is 5.53. The Hall–Kier alpha value is -2.97. The number of H-pyrrole nitrogens is 1. The highest BCUT2D eigenvalue weighted by Crippen LogP contribution is 2.42. The van der Waals surface area contributed by atoms with Crippen LogP contribution in [0.1, 0.15) is 49.3 Å². The lowest BCUT2D eigenvalue weighted by atomic mass is 10.0. The number of hydrogen-bond acceptors (Lipinski definition) is 6. The first-order valence-corrected chi connectivity index (χ1v) is 13.4. The van der Waals surface area contributed by atoms with Crippen molar-refractivity contribution in [2.45, 2.75) is 58.2 Å². The number of benzene rings is 2. The van der Waals surface area contributed by atoms with Gasteiger partial charge in [-0.25, -0.2) is 9.97 Å². The molecule has 1 saturated carbocycles. The summed E-state index contributed by atoms with van der Waals surface area (Å²) in [7, 11) is 0. The largest absolute Gasteiger partial charge is 0.360 e. The Morgan fingerprint density at radius 2 is 1.89 bits per heavy atom. The van der Waals surface area contributed by atoms with Crippen molar-refractivity contribution in [2.75, 3.05) is 18.4 Å². The van der Waals surface area contributed by atoms with E-state index in [2.05, 4.69) is 77.4 Å². The van der Waals surface area contributed by atoms with E-state index in [1.807, 2.05) is 6.20 Å². The minimum Gasteiger partial charge on any atom is -0.360 e. The Morgan fingerprint density at radius 1 is 1.11 bits per heavy atom. The predicted octanol–water partition coefficient (Wildman–Crippen LogP) is 6.49. The first kappa shape index (κ1) is 24.4. The molecule has 0 amide bonds. The third kappa shape index (κ3) is 5.09. The summed E-state index contributed by atoms with van der Waals surface area (Å²) in [5, 5.41) is 16.8. The van der Waals surface area contributed by atoms with E-state index in [0.717, 1.165) is 41.8 Å². The smallest absolute Gasteiger partial charge is 0.227 e. The number of aryl methyl sites for hydroxylation is 1. The van der Waals surface area contributed by atoms with E-state index in [-0.39, 0.29) is 12.1 Å². The Bertz CT molecular complexity index is 1440. The molecule has 2 unspecified atom stereocenters. The molecule has 37 heavy (non-hydrogen) atoms. The molecule has 0 spiro atoms. The summed E-state index contributed by atoms with van der Waals surface area (Å²) in [6.07, 6.45) is 6.10. The van der Waals surface area contributed by atoms with Crippen LogP contribution in [-0.4, -0.2) is 55.3 Å². The Morgan fingerprint density at radius 3 is 2.65 bits per heavy atom. The summed E-state index contributed by atoms with van der Waals surface area (Å²) >= 11 is 6.57. The lowest BCUT2D eigenvalue weighted by Gasteiger charge is -2.40. The van der Waals surface area contributed by atoms with Gasteiger partial charge in [0.15, 0.2) is 0 Å². The monoisotopic (exact) mass is 516 g/mol. The molecule has 2 fully saturated rings. The number of aromatic nitrogens is 3. The lowest BCUT2D eigenvalue weighted by molar-refractivity contribution is -0.181. The van der Waals surface area contributed by atoms with Crippen LogP contribution in [0.25, 0.3) is 22.2 Å². The zero-order chi connectivity index (χ0) is 25.7. The molecule has 0 radical (unpaired) electrons. The molecular weight excluding hydrogens is 484 g/mol. The van der Waals surface area contributed by atoms with Crippen molar-refractivity contribution in [3.05, 3.63) is 70.5 Å². The predicted molar refractivity (Wildman–Crippen MR) is 149 cm³/mol. The number of fused-ring (bicyclic) bond motifs is 1. The molecule has 1 aliphatic heterocycles. The third-order valence-electron chi connectivity index (χ3n) is 7.51. The summed E-state index contributed by atoms with van der Waals surface area (Å²) in [5.41, 5.74) is 7.55. The summed E-state index contributed by atoms with van der Waals surface area (Å²) in [6.45, 7) is 8.74. The number of hydroxylamine groups is 2. The van der Waals surface area contributed by atoms with Crippen molar-refractivity contribution in [3.63, 3.8) is 0 Å². The van der Waals surface area contributed by atoms with Gasteiger partial charge in [-0.15, -0.1) is 0 Å². The molecule has 2 aromatic carbocycles. The fourth-order valence-corrected chi connectivity index (χ4v) is 5.72. The highest BCUT2D eigenvalue weighted by Gasteiger charge is 2.29. The maximum Gasteiger partial charge on any atom is 0.227 e. The summed E-state index contributed by atoms with van der Waals surface area (Å²) in [5.74, 6) is 1.15. The van der Waals surface area contributed by atoms with Crippen molar-refractivity contribution < 1.29 is 5.21 Å². The minimum absolute atomic E-state index is 0.113. The molecule has 4 aromatic rings. The molecule has 8 heteroatoms. The highest BCUT2D eigenvalue weighted by molar-refractivity contribution is 6.33. The summed E-state index contributed by atoms with van der Waals surface area (Å²) in [6, 6.07) is 13.3. The van der Waals surface area contributed by atoms with Gasteiger partial charge in [0, 0.05) is 60.1 Å². The second-order valence-corrected chi connectivity index (χ2v) is 11.2. The second-order valence-electron chi connectivity index (χ2n) is 10.8. The molecule has 2 atom stereocenters. The first-order valence-electron chi connectivity index (χ1n) is 13.0. The molecule has 1 saturated heterocycles. The van der Waals surface area contributed by atoms with Crippen molar-refractivity contribution in [1.29, 1.82) is 0 Å². The molecule has 7 nitrogen and oxygen atoms in total. The van der Waals surface area contributed by atoms with Gasteiger partial charge in [-0.2, -0.15) is 5.06 Å². The van der Waals surface area contributed by atoms with Crippen molar-refractivity contribution in [1.82, 2.24) is 24.9 Å². The maximum atomic E-state index is 10.2. The number of nitrogens with zero attached hydrogens (tertiary/aromatic N) is 4. The van der Waals surface area contributed by atoms with Gasteiger partial charge in [0.2, 0.25) is 5.95 Å². The molecule has 2 aromatic heterocycles.